The topological polar surface area (TPSA) is 76.0 Å². The number of nitrogens with zero attached hydrogens (tertiary/aromatic N) is 4. The molecule has 0 saturated carbocycles. The SMILES string of the molecule is CCc1cccc2c(C(=O)CSc3nnc(N4CCOCC4)n3-c3cccc(F)c3)c[nH]c12. The number of thioether (sulfide) groups is 1. The van der Waals surface area contributed by atoms with Gasteiger partial charge in [-0.05, 0) is 30.2 Å². The second-order valence-corrected chi connectivity index (χ2v) is 8.75. The number of fused-ring (bicyclic) bond motifs is 1. The van der Waals surface area contributed by atoms with Crippen molar-refractivity contribution < 1.29 is 13.9 Å². The zero-order valence-corrected chi connectivity index (χ0v) is 19.1. The largest absolute Gasteiger partial charge is 0.378 e. The first-order chi connectivity index (χ1) is 16.2. The summed E-state index contributed by atoms with van der Waals surface area (Å²) in [6.07, 6.45) is 2.67. The third kappa shape index (κ3) is 4.26. The zero-order chi connectivity index (χ0) is 22.8. The summed E-state index contributed by atoms with van der Waals surface area (Å²) in [4.78, 5) is 18.4. The number of anilines is 1. The Labute approximate surface area is 195 Å². The van der Waals surface area contributed by atoms with E-state index < -0.39 is 0 Å². The van der Waals surface area contributed by atoms with E-state index in [2.05, 4.69) is 33.1 Å². The van der Waals surface area contributed by atoms with Gasteiger partial charge in [0.1, 0.15) is 5.82 Å². The number of carbonyl (C=O) groups is 1. The molecule has 1 aliphatic heterocycles. The number of halogens is 1. The maximum atomic E-state index is 14.0. The first-order valence-electron chi connectivity index (χ1n) is 10.9. The summed E-state index contributed by atoms with van der Waals surface area (Å²) >= 11 is 1.30. The van der Waals surface area contributed by atoms with Crippen LogP contribution < -0.4 is 4.90 Å². The molecule has 0 radical (unpaired) electrons. The van der Waals surface area contributed by atoms with Crippen LogP contribution in [0.15, 0.2) is 53.8 Å². The number of benzene rings is 2. The molecule has 0 spiro atoms. The maximum absolute atomic E-state index is 14.0. The molecule has 1 fully saturated rings. The Bertz CT molecular complexity index is 1300. The standard InChI is InChI=1S/C24H24FN5O2S/c1-2-16-5-3-8-19-20(14-26-22(16)19)21(31)15-33-24-28-27-23(29-9-11-32-12-10-29)30(24)18-7-4-6-17(25)13-18/h3-8,13-14,26H,2,9-12,15H2,1H3. The van der Waals surface area contributed by atoms with Crippen LogP contribution in [0.2, 0.25) is 0 Å². The van der Waals surface area contributed by atoms with Crippen LogP contribution in [0.3, 0.4) is 0 Å². The number of hydrogen-bond acceptors (Lipinski definition) is 6. The lowest BCUT2D eigenvalue weighted by atomic mass is 10.1. The van der Waals surface area contributed by atoms with E-state index in [4.69, 9.17) is 4.74 Å². The van der Waals surface area contributed by atoms with Gasteiger partial charge in [0.25, 0.3) is 0 Å². The molecule has 4 aromatic rings. The van der Waals surface area contributed by atoms with Crippen LogP contribution in [0, 0.1) is 5.82 Å². The van der Waals surface area contributed by atoms with Crippen LogP contribution in [0.4, 0.5) is 10.3 Å². The summed E-state index contributed by atoms with van der Waals surface area (Å²) in [5.41, 5.74) is 3.47. The predicted molar refractivity (Wildman–Crippen MR) is 127 cm³/mol. The number of nitrogens with one attached hydrogen (secondary N) is 1. The summed E-state index contributed by atoms with van der Waals surface area (Å²) in [6, 6.07) is 12.3. The normalized spacial score (nSPS) is 14.2. The number of morpholine rings is 1. The zero-order valence-electron chi connectivity index (χ0n) is 18.3. The van der Waals surface area contributed by atoms with Crippen molar-refractivity contribution in [2.75, 3.05) is 37.0 Å². The summed E-state index contributed by atoms with van der Waals surface area (Å²) in [5.74, 6) is 0.478. The Hall–Kier alpha value is -3.17. The average Bonchev–Trinajstić information content (AvgIpc) is 3.47. The Morgan fingerprint density at radius 1 is 1.18 bits per heavy atom. The molecule has 0 amide bonds. The van der Waals surface area contributed by atoms with Crippen LogP contribution >= 0.6 is 11.8 Å². The van der Waals surface area contributed by atoms with E-state index in [-0.39, 0.29) is 17.4 Å². The van der Waals surface area contributed by atoms with Gasteiger partial charge in [0.2, 0.25) is 5.95 Å². The van der Waals surface area contributed by atoms with E-state index in [1.807, 2.05) is 22.8 Å². The van der Waals surface area contributed by atoms with Gasteiger partial charge in [-0.3, -0.25) is 9.36 Å². The minimum atomic E-state index is -0.341. The van der Waals surface area contributed by atoms with Gasteiger partial charge in [0, 0.05) is 35.8 Å². The van der Waals surface area contributed by atoms with Crippen LogP contribution in [-0.4, -0.2) is 57.6 Å². The lowest BCUT2D eigenvalue weighted by Crippen LogP contribution is -2.37. The van der Waals surface area contributed by atoms with Gasteiger partial charge in [-0.1, -0.05) is 43.0 Å². The number of aryl methyl sites for hydroxylation is 1. The summed E-state index contributed by atoms with van der Waals surface area (Å²) in [6.45, 7) is 4.63. The van der Waals surface area contributed by atoms with Crippen molar-refractivity contribution in [2.24, 2.45) is 0 Å². The molecule has 2 aromatic heterocycles. The van der Waals surface area contributed by atoms with Crippen molar-refractivity contribution in [3.63, 3.8) is 0 Å². The Morgan fingerprint density at radius 2 is 2.00 bits per heavy atom. The minimum Gasteiger partial charge on any atom is -0.378 e. The second kappa shape index (κ2) is 9.36. The lowest BCUT2D eigenvalue weighted by molar-refractivity contribution is 0.102. The molecule has 0 unspecified atom stereocenters. The van der Waals surface area contributed by atoms with Gasteiger partial charge in [0.05, 0.1) is 24.7 Å². The van der Waals surface area contributed by atoms with Crippen LogP contribution in [0.1, 0.15) is 22.8 Å². The molecular weight excluding hydrogens is 441 g/mol. The quantitative estimate of drug-likeness (QED) is 0.325. The van der Waals surface area contributed by atoms with Gasteiger partial charge in [0.15, 0.2) is 10.9 Å². The van der Waals surface area contributed by atoms with Crippen molar-refractivity contribution in [2.45, 2.75) is 18.5 Å². The van der Waals surface area contributed by atoms with E-state index in [0.29, 0.717) is 48.7 Å². The molecule has 0 atom stereocenters. The molecule has 2 aromatic carbocycles. The lowest BCUT2D eigenvalue weighted by Gasteiger charge is -2.27. The molecule has 0 bridgehead atoms. The summed E-state index contributed by atoms with van der Waals surface area (Å²) in [7, 11) is 0. The molecule has 1 N–H and O–H groups in total. The molecule has 1 aliphatic rings. The van der Waals surface area contributed by atoms with E-state index in [9.17, 15) is 9.18 Å². The van der Waals surface area contributed by atoms with E-state index >= 15 is 0 Å². The highest BCUT2D eigenvalue weighted by molar-refractivity contribution is 7.99. The fourth-order valence-corrected chi connectivity index (χ4v) is 4.95. The fourth-order valence-electron chi connectivity index (χ4n) is 4.12. The molecule has 7 nitrogen and oxygen atoms in total. The number of H-pyrrole nitrogens is 1. The number of hydrogen-bond donors (Lipinski definition) is 1. The van der Waals surface area contributed by atoms with Crippen molar-refractivity contribution in [1.82, 2.24) is 19.7 Å². The Morgan fingerprint density at radius 3 is 2.79 bits per heavy atom. The van der Waals surface area contributed by atoms with Crippen LogP contribution in [0.25, 0.3) is 16.6 Å². The van der Waals surface area contributed by atoms with Crippen molar-refractivity contribution in [3.8, 4) is 5.69 Å². The van der Waals surface area contributed by atoms with Gasteiger partial charge >= 0.3 is 0 Å². The first-order valence-corrected chi connectivity index (χ1v) is 11.9. The number of aromatic nitrogens is 4. The number of ketones is 1. The minimum absolute atomic E-state index is 0.00113. The van der Waals surface area contributed by atoms with Gasteiger partial charge in [-0.2, -0.15) is 0 Å². The average molecular weight is 466 g/mol. The van der Waals surface area contributed by atoms with E-state index in [1.165, 1.54) is 29.5 Å². The van der Waals surface area contributed by atoms with Gasteiger partial charge in [-0.25, -0.2) is 4.39 Å². The number of ether oxygens (including phenoxy) is 1. The number of para-hydroxylation sites is 1. The summed E-state index contributed by atoms with van der Waals surface area (Å²) in [5, 5.41) is 10.2. The molecule has 0 aliphatic carbocycles. The number of rotatable bonds is 7. The molecule has 3 heterocycles. The third-order valence-corrected chi connectivity index (χ3v) is 6.72. The van der Waals surface area contributed by atoms with Crippen molar-refractivity contribution in [3.05, 3.63) is 65.6 Å². The number of carbonyl (C=O) groups excluding carboxylic acids is 1. The Balaban J connectivity index is 1.44. The monoisotopic (exact) mass is 465 g/mol. The van der Waals surface area contributed by atoms with Gasteiger partial charge < -0.3 is 14.6 Å². The molecule has 5 rings (SSSR count). The number of aromatic amines is 1. The second-order valence-electron chi connectivity index (χ2n) is 7.80. The van der Waals surface area contributed by atoms with E-state index in [0.717, 1.165) is 17.3 Å². The fraction of sp³-hybridized carbons (Fsp3) is 0.292. The molecule has 170 valence electrons. The highest BCUT2D eigenvalue weighted by Gasteiger charge is 2.23. The third-order valence-electron chi connectivity index (χ3n) is 5.79. The first kappa shape index (κ1) is 21.7. The Kier molecular flexibility index (Phi) is 6.15. The molecular formula is C24H24FN5O2S. The summed E-state index contributed by atoms with van der Waals surface area (Å²) < 4.78 is 21.3. The molecule has 9 heteroatoms. The van der Waals surface area contributed by atoms with Gasteiger partial charge in [-0.15, -0.1) is 10.2 Å². The molecule has 1 saturated heterocycles. The van der Waals surface area contributed by atoms with Crippen LogP contribution in [-0.2, 0) is 11.2 Å². The smallest absolute Gasteiger partial charge is 0.232 e. The predicted octanol–water partition coefficient (Wildman–Crippen LogP) is 4.26. The van der Waals surface area contributed by atoms with Crippen molar-refractivity contribution >= 4 is 34.4 Å². The van der Waals surface area contributed by atoms with Crippen molar-refractivity contribution in [1.29, 1.82) is 0 Å². The van der Waals surface area contributed by atoms with Crippen LogP contribution in [0.5, 0.6) is 0 Å². The van der Waals surface area contributed by atoms with E-state index in [1.54, 1.807) is 12.3 Å². The molecule has 33 heavy (non-hydrogen) atoms. The maximum Gasteiger partial charge on any atom is 0.232 e. The highest BCUT2D eigenvalue weighted by Crippen LogP contribution is 2.29. The highest BCUT2D eigenvalue weighted by atomic mass is 32.2. The number of Topliss-reactive ketones (excluding diaryl/α,β-unsaturated/α-hetero) is 1.